The Bertz CT molecular complexity index is 554. The number of nitrogens with one attached hydrogen (secondary N) is 1. The fraction of sp³-hybridized carbons (Fsp3) is 0.333. The van der Waals surface area contributed by atoms with Crippen LogP contribution in [0, 0.1) is 3.57 Å². The molecule has 0 aliphatic heterocycles. The van der Waals surface area contributed by atoms with E-state index in [2.05, 4.69) is 59.1 Å². The zero-order chi connectivity index (χ0) is 14.5. The fourth-order valence-electron chi connectivity index (χ4n) is 2.06. The van der Waals surface area contributed by atoms with Crippen molar-refractivity contribution in [3.63, 3.8) is 0 Å². The monoisotopic (exact) mass is 439 g/mol. The topological polar surface area (TPSA) is 12.0 Å². The van der Waals surface area contributed by atoms with Gasteiger partial charge in [-0.25, -0.2) is 0 Å². The van der Waals surface area contributed by atoms with E-state index < -0.39 is 0 Å². The van der Waals surface area contributed by atoms with Crippen LogP contribution in [0.5, 0.6) is 0 Å². The molecule has 1 N–H and O–H groups in total. The van der Waals surface area contributed by atoms with Gasteiger partial charge in [-0.15, -0.1) is 11.3 Å². The molecular weight excluding hydrogens is 424 g/mol. The van der Waals surface area contributed by atoms with Gasteiger partial charge < -0.3 is 5.32 Å². The minimum atomic E-state index is 0.214. The van der Waals surface area contributed by atoms with Crippen molar-refractivity contribution >= 4 is 57.1 Å². The molecule has 0 saturated carbocycles. The number of hydrogen-bond donors (Lipinski definition) is 1. The van der Waals surface area contributed by atoms with Crippen LogP contribution in [0.2, 0.25) is 8.67 Å². The Morgan fingerprint density at radius 1 is 1.25 bits per heavy atom. The summed E-state index contributed by atoms with van der Waals surface area (Å²) in [6.45, 7) is 3.13. The van der Waals surface area contributed by atoms with Crippen molar-refractivity contribution in [2.45, 2.75) is 25.8 Å². The Morgan fingerprint density at radius 2 is 1.95 bits per heavy atom. The first-order valence-electron chi connectivity index (χ1n) is 6.52. The molecule has 0 aliphatic carbocycles. The summed E-state index contributed by atoms with van der Waals surface area (Å²) in [7, 11) is 0. The van der Waals surface area contributed by atoms with Gasteiger partial charge in [-0.05, 0) is 65.7 Å². The van der Waals surface area contributed by atoms with Gasteiger partial charge >= 0.3 is 0 Å². The van der Waals surface area contributed by atoms with Crippen molar-refractivity contribution in [1.82, 2.24) is 5.32 Å². The van der Waals surface area contributed by atoms with E-state index in [9.17, 15) is 0 Å². The number of halogens is 3. The maximum absolute atomic E-state index is 6.30. The van der Waals surface area contributed by atoms with Crippen LogP contribution < -0.4 is 5.32 Å². The average Bonchev–Trinajstić information content (AvgIpc) is 2.76. The normalized spacial score (nSPS) is 12.6. The quantitative estimate of drug-likeness (QED) is 0.549. The molecule has 0 bridgehead atoms. The lowest BCUT2D eigenvalue weighted by molar-refractivity contribution is 0.530. The SMILES string of the molecule is CCCNC(Cc1ccc(I)cc1)c1cc(Cl)sc1Cl. The second kappa shape index (κ2) is 7.99. The van der Waals surface area contributed by atoms with Crippen molar-refractivity contribution in [3.8, 4) is 0 Å². The van der Waals surface area contributed by atoms with Gasteiger partial charge in [0.1, 0.15) is 0 Å². The molecule has 2 rings (SSSR count). The summed E-state index contributed by atoms with van der Waals surface area (Å²) in [6, 6.07) is 10.8. The van der Waals surface area contributed by atoms with Gasteiger partial charge in [0.25, 0.3) is 0 Å². The summed E-state index contributed by atoms with van der Waals surface area (Å²) < 4.78 is 2.78. The van der Waals surface area contributed by atoms with Gasteiger partial charge in [0.2, 0.25) is 0 Å². The van der Waals surface area contributed by atoms with Crippen molar-refractivity contribution in [3.05, 3.63) is 53.7 Å². The van der Waals surface area contributed by atoms with E-state index >= 15 is 0 Å². The molecule has 0 fully saturated rings. The van der Waals surface area contributed by atoms with E-state index in [0.29, 0.717) is 0 Å². The Kier molecular flexibility index (Phi) is 6.62. The lowest BCUT2D eigenvalue weighted by Crippen LogP contribution is -2.24. The summed E-state index contributed by atoms with van der Waals surface area (Å²) in [4.78, 5) is 0. The highest BCUT2D eigenvalue weighted by atomic mass is 127. The highest BCUT2D eigenvalue weighted by molar-refractivity contribution is 14.1. The zero-order valence-corrected chi connectivity index (χ0v) is 15.6. The molecule has 1 unspecified atom stereocenters. The summed E-state index contributed by atoms with van der Waals surface area (Å²) >= 11 is 16.1. The predicted molar refractivity (Wildman–Crippen MR) is 98.2 cm³/mol. The molecule has 1 aromatic carbocycles. The van der Waals surface area contributed by atoms with Crippen LogP contribution in [0.3, 0.4) is 0 Å². The first-order chi connectivity index (χ1) is 9.60. The van der Waals surface area contributed by atoms with Crippen molar-refractivity contribution < 1.29 is 0 Å². The molecule has 0 spiro atoms. The molecule has 0 aliphatic rings. The minimum Gasteiger partial charge on any atom is -0.310 e. The van der Waals surface area contributed by atoms with Crippen LogP contribution in [0.4, 0.5) is 0 Å². The van der Waals surface area contributed by atoms with Crippen LogP contribution >= 0.6 is 57.1 Å². The summed E-state index contributed by atoms with van der Waals surface area (Å²) in [5.41, 5.74) is 2.41. The van der Waals surface area contributed by atoms with Gasteiger partial charge in [0.05, 0.1) is 8.67 Å². The van der Waals surface area contributed by atoms with Crippen LogP contribution in [-0.2, 0) is 6.42 Å². The van der Waals surface area contributed by atoms with Crippen molar-refractivity contribution in [2.75, 3.05) is 6.54 Å². The standard InChI is InChI=1S/C15H16Cl2INS/c1-2-7-19-13(12-9-14(16)20-15(12)17)8-10-3-5-11(18)6-4-10/h3-6,9,13,19H,2,7-8H2,1H3. The number of rotatable bonds is 6. The summed E-state index contributed by atoms with van der Waals surface area (Å²) in [6.07, 6.45) is 2.02. The summed E-state index contributed by atoms with van der Waals surface area (Å²) in [5.74, 6) is 0. The molecule has 1 atom stereocenters. The van der Waals surface area contributed by atoms with Gasteiger partial charge in [-0.2, -0.15) is 0 Å². The third-order valence-electron chi connectivity index (χ3n) is 3.05. The van der Waals surface area contributed by atoms with E-state index in [-0.39, 0.29) is 6.04 Å². The maximum Gasteiger partial charge on any atom is 0.0992 e. The van der Waals surface area contributed by atoms with Crippen LogP contribution in [0.1, 0.15) is 30.5 Å². The third kappa shape index (κ3) is 4.60. The van der Waals surface area contributed by atoms with E-state index in [4.69, 9.17) is 23.2 Å². The van der Waals surface area contributed by atoms with Crippen LogP contribution in [0.25, 0.3) is 0 Å². The van der Waals surface area contributed by atoms with Gasteiger partial charge in [0.15, 0.2) is 0 Å². The third-order valence-corrected chi connectivity index (χ3v) is 5.29. The Hall–Kier alpha value is 0.190. The lowest BCUT2D eigenvalue weighted by atomic mass is 10.0. The molecule has 1 heterocycles. The van der Waals surface area contributed by atoms with Crippen LogP contribution in [0.15, 0.2) is 30.3 Å². The second-order valence-corrected chi connectivity index (χ2v) is 8.15. The molecule has 1 nitrogen and oxygen atoms in total. The number of benzene rings is 1. The molecule has 20 heavy (non-hydrogen) atoms. The Balaban J connectivity index is 2.19. The van der Waals surface area contributed by atoms with Gasteiger partial charge in [-0.1, -0.05) is 42.3 Å². The molecule has 0 amide bonds. The molecule has 5 heteroatoms. The molecule has 2 aromatic rings. The largest absolute Gasteiger partial charge is 0.310 e. The molecular formula is C15H16Cl2INS. The molecule has 0 radical (unpaired) electrons. The predicted octanol–water partition coefficient (Wildman–Crippen LogP) is 5.94. The van der Waals surface area contributed by atoms with Gasteiger partial charge in [-0.3, -0.25) is 0 Å². The number of hydrogen-bond acceptors (Lipinski definition) is 2. The van der Waals surface area contributed by atoms with Crippen molar-refractivity contribution in [1.29, 1.82) is 0 Å². The van der Waals surface area contributed by atoms with Crippen LogP contribution in [-0.4, -0.2) is 6.54 Å². The van der Waals surface area contributed by atoms with Crippen molar-refractivity contribution in [2.24, 2.45) is 0 Å². The highest BCUT2D eigenvalue weighted by Gasteiger charge is 2.17. The molecule has 0 saturated heterocycles. The van der Waals surface area contributed by atoms with E-state index in [1.54, 1.807) is 0 Å². The Morgan fingerprint density at radius 3 is 2.50 bits per heavy atom. The van der Waals surface area contributed by atoms with E-state index in [1.807, 2.05) is 6.07 Å². The zero-order valence-electron chi connectivity index (χ0n) is 11.1. The van der Waals surface area contributed by atoms with E-state index in [0.717, 1.165) is 33.6 Å². The highest BCUT2D eigenvalue weighted by Crippen LogP contribution is 2.36. The van der Waals surface area contributed by atoms with Gasteiger partial charge in [0, 0.05) is 15.2 Å². The maximum atomic E-state index is 6.30. The lowest BCUT2D eigenvalue weighted by Gasteiger charge is -2.18. The summed E-state index contributed by atoms with van der Waals surface area (Å²) in [5, 5.41) is 3.56. The Labute approximate surface area is 147 Å². The fourth-order valence-corrected chi connectivity index (χ4v) is 4.00. The molecule has 1 aromatic heterocycles. The minimum absolute atomic E-state index is 0.214. The number of thiophene rings is 1. The average molecular weight is 440 g/mol. The van der Waals surface area contributed by atoms with E-state index in [1.165, 1.54) is 20.5 Å². The smallest absolute Gasteiger partial charge is 0.0992 e. The molecule has 108 valence electrons. The first kappa shape index (κ1) is 16.6. The first-order valence-corrected chi connectivity index (χ1v) is 9.17. The second-order valence-electron chi connectivity index (χ2n) is 4.62.